The van der Waals surface area contributed by atoms with E-state index >= 15 is 0 Å². The number of rotatable bonds is 4. The standard InChI is InChI=1S/C17H25N3O/c1-3-20(15-8-9-15)17(21)12-19-11-13(2)18-10-14-6-4-5-7-16(14)19/h4-7,13,15,18H,3,8-12H2,1-2H3. The second kappa shape index (κ2) is 6.06. The molecule has 1 unspecified atom stereocenters. The third-order valence-corrected chi connectivity index (χ3v) is 4.44. The number of para-hydroxylation sites is 1. The van der Waals surface area contributed by atoms with Gasteiger partial charge in [0.05, 0.1) is 6.54 Å². The second-order valence-corrected chi connectivity index (χ2v) is 6.20. The third kappa shape index (κ3) is 3.21. The van der Waals surface area contributed by atoms with E-state index in [0.717, 1.165) is 19.6 Å². The van der Waals surface area contributed by atoms with E-state index in [4.69, 9.17) is 0 Å². The summed E-state index contributed by atoms with van der Waals surface area (Å²) in [5.41, 5.74) is 2.48. The Morgan fingerprint density at radius 1 is 1.38 bits per heavy atom. The van der Waals surface area contributed by atoms with E-state index in [0.29, 0.717) is 18.6 Å². The number of fused-ring (bicyclic) bond motifs is 1. The molecule has 2 aliphatic rings. The average molecular weight is 287 g/mol. The molecule has 1 saturated carbocycles. The molecule has 0 aromatic heterocycles. The summed E-state index contributed by atoms with van der Waals surface area (Å²) in [5, 5.41) is 3.52. The Morgan fingerprint density at radius 3 is 2.86 bits per heavy atom. The predicted molar refractivity (Wildman–Crippen MR) is 85.4 cm³/mol. The van der Waals surface area contributed by atoms with Gasteiger partial charge < -0.3 is 15.1 Å². The molecule has 1 amide bonds. The molecule has 1 fully saturated rings. The van der Waals surface area contributed by atoms with Crippen LogP contribution in [0.1, 0.15) is 32.3 Å². The van der Waals surface area contributed by atoms with Crippen molar-refractivity contribution >= 4 is 11.6 Å². The second-order valence-electron chi connectivity index (χ2n) is 6.20. The van der Waals surface area contributed by atoms with Gasteiger partial charge in [-0.25, -0.2) is 0 Å². The van der Waals surface area contributed by atoms with Crippen LogP contribution >= 0.6 is 0 Å². The SMILES string of the molecule is CCN(C(=O)CN1CC(C)NCc2ccccc21)C1CC1. The van der Waals surface area contributed by atoms with Gasteiger partial charge in [-0.05, 0) is 38.3 Å². The summed E-state index contributed by atoms with van der Waals surface area (Å²) < 4.78 is 0. The number of carbonyl (C=O) groups is 1. The first-order valence-corrected chi connectivity index (χ1v) is 8.04. The van der Waals surface area contributed by atoms with E-state index < -0.39 is 0 Å². The molecular weight excluding hydrogens is 262 g/mol. The summed E-state index contributed by atoms with van der Waals surface area (Å²) in [7, 11) is 0. The minimum atomic E-state index is 0.268. The third-order valence-electron chi connectivity index (χ3n) is 4.44. The van der Waals surface area contributed by atoms with Gasteiger partial charge in [-0.3, -0.25) is 4.79 Å². The van der Waals surface area contributed by atoms with Crippen molar-refractivity contribution in [2.45, 2.75) is 45.3 Å². The molecule has 1 atom stereocenters. The zero-order chi connectivity index (χ0) is 14.8. The fraction of sp³-hybridized carbons (Fsp3) is 0.588. The average Bonchev–Trinajstić information content (AvgIpc) is 3.30. The van der Waals surface area contributed by atoms with Gasteiger partial charge in [-0.1, -0.05) is 18.2 Å². The number of nitrogens with one attached hydrogen (secondary N) is 1. The van der Waals surface area contributed by atoms with E-state index in [1.165, 1.54) is 24.1 Å². The molecule has 1 N–H and O–H groups in total. The number of hydrogen-bond acceptors (Lipinski definition) is 3. The molecule has 1 aromatic rings. The highest BCUT2D eigenvalue weighted by molar-refractivity contribution is 5.82. The minimum Gasteiger partial charge on any atom is -0.360 e. The number of nitrogens with zero attached hydrogens (tertiary/aromatic N) is 2. The molecule has 114 valence electrons. The molecule has 1 aliphatic carbocycles. The van der Waals surface area contributed by atoms with Gasteiger partial charge >= 0.3 is 0 Å². The molecule has 0 radical (unpaired) electrons. The number of anilines is 1. The highest BCUT2D eigenvalue weighted by Gasteiger charge is 2.32. The van der Waals surface area contributed by atoms with E-state index in [2.05, 4.69) is 48.3 Å². The van der Waals surface area contributed by atoms with E-state index in [1.807, 2.05) is 4.90 Å². The molecule has 1 aromatic carbocycles. The molecule has 1 heterocycles. The van der Waals surface area contributed by atoms with Crippen LogP contribution in [0.2, 0.25) is 0 Å². The zero-order valence-corrected chi connectivity index (χ0v) is 13.0. The molecule has 4 nitrogen and oxygen atoms in total. The van der Waals surface area contributed by atoms with Crippen molar-refractivity contribution < 1.29 is 4.79 Å². The van der Waals surface area contributed by atoms with Gasteiger partial charge in [0.15, 0.2) is 0 Å². The van der Waals surface area contributed by atoms with Crippen molar-refractivity contribution in [3.63, 3.8) is 0 Å². The predicted octanol–water partition coefficient (Wildman–Crippen LogP) is 2.00. The van der Waals surface area contributed by atoms with Crippen LogP contribution < -0.4 is 10.2 Å². The molecule has 3 rings (SSSR count). The lowest BCUT2D eigenvalue weighted by molar-refractivity contribution is -0.130. The summed E-state index contributed by atoms with van der Waals surface area (Å²) >= 11 is 0. The van der Waals surface area contributed by atoms with Crippen LogP contribution in [0.3, 0.4) is 0 Å². The summed E-state index contributed by atoms with van der Waals surface area (Å²) in [4.78, 5) is 16.9. The number of hydrogen-bond donors (Lipinski definition) is 1. The zero-order valence-electron chi connectivity index (χ0n) is 13.0. The van der Waals surface area contributed by atoms with Crippen LogP contribution in [0.5, 0.6) is 0 Å². The van der Waals surface area contributed by atoms with Crippen LogP contribution in [0.4, 0.5) is 5.69 Å². The number of carbonyl (C=O) groups excluding carboxylic acids is 1. The Hall–Kier alpha value is -1.55. The summed E-state index contributed by atoms with van der Waals surface area (Å²) in [6.45, 7) is 7.34. The topological polar surface area (TPSA) is 35.6 Å². The quantitative estimate of drug-likeness (QED) is 0.920. The maximum atomic E-state index is 12.6. The number of likely N-dealkylation sites (N-methyl/N-ethyl adjacent to an activating group) is 1. The van der Waals surface area contributed by atoms with Crippen LogP contribution in [0, 0.1) is 0 Å². The van der Waals surface area contributed by atoms with Gasteiger partial charge in [-0.15, -0.1) is 0 Å². The highest BCUT2D eigenvalue weighted by atomic mass is 16.2. The molecule has 21 heavy (non-hydrogen) atoms. The van der Waals surface area contributed by atoms with Gasteiger partial charge in [0.2, 0.25) is 5.91 Å². The van der Waals surface area contributed by atoms with Crippen molar-refractivity contribution in [3.05, 3.63) is 29.8 Å². The van der Waals surface area contributed by atoms with Gasteiger partial charge in [-0.2, -0.15) is 0 Å². The Bertz CT molecular complexity index is 513. The first-order chi connectivity index (χ1) is 10.2. The summed E-state index contributed by atoms with van der Waals surface area (Å²) in [6.07, 6.45) is 2.35. The number of benzene rings is 1. The van der Waals surface area contributed by atoms with Gasteiger partial charge in [0.1, 0.15) is 0 Å². The molecular formula is C17H25N3O. The first kappa shape index (κ1) is 14.4. The molecule has 0 bridgehead atoms. The normalized spacial score (nSPS) is 21.6. The van der Waals surface area contributed by atoms with Crippen LogP contribution in [-0.2, 0) is 11.3 Å². The largest absolute Gasteiger partial charge is 0.360 e. The Kier molecular flexibility index (Phi) is 4.15. The molecule has 0 saturated heterocycles. The van der Waals surface area contributed by atoms with Crippen molar-refractivity contribution in [2.24, 2.45) is 0 Å². The monoisotopic (exact) mass is 287 g/mol. The molecule has 0 spiro atoms. The molecule has 4 heteroatoms. The Morgan fingerprint density at radius 2 is 2.14 bits per heavy atom. The lowest BCUT2D eigenvalue weighted by atomic mass is 10.1. The fourth-order valence-corrected chi connectivity index (χ4v) is 3.17. The van der Waals surface area contributed by atoms with E-state index in [9.17, 15) is 4.79 Å². The van der Waals surface area contributed by atoms with E-state index in [1.54, 1.807) is 0 Å². The lowest BCUT2D eigenvalue weighted by Crippen LogP contribution is -2.44. The smallest absolute Gasteiger partial charge is 0.242 e. The Balaban J connectivity index is 1.77. The first-order valence-electron chi connectivity index (χ1n) is 8.04. The summed E-state index contributed by atoms with van der Waals surface area (Å²) in [5.74, 6) is 0.268. The van der Waals surface area contributed by atoms with E-state index in [-0.39, 0.29) is 5.91 Å². The van der Waals surface area contributed by atoms with Gasteiger partial charge in [0.25, 0.3) is 0 Å². The maximum Gasteiger partial charge on any atom is 0.242 e. The number of amides is 1. The summed E-state index contributed by atoms with van der Waals surface area (Å²) in [6, 6.07) is 9.30. The molecule has 1 aliphatic heterocycles. The lowest BCUT2D eigenvalue weighted by Gasteiger charge is -2.29. The highest BCUT2D eigenvalue weighted by Crippen LogP contribution is 2.28. The minimum absolute atomic E-state index is 0.268. The van der Waals surface area contributed by atoms with Crippen molar-refractivity contribution in [2.75, 3.05) is 24.5 Å². The Labute approximate surface area is 127 Å². The maximum absolute atomic E-state index is 12.6. The van der Waals surface area contributed by atoms with Crippen LogP contribution in [0.25, 0.3) is 0 Å². The van der Waals surface area contributed by atoms with Crippen LogP contribution in [0.15, 0.2) is 24.3 Å². The van der Waals surface area contributed by atoms with Crippen molar-refractivity contribution in [1.82, 2.24) is 10.2 Å². The van der Waals surface area contributed by atoms with Crippen molar-refractivity contribution in [3.8, 4) is 0 Å². The fourth-order valence-electron chi connectivity index (χ4n) is 3.17. The van der Waals surface area contributed by atoms with Gasteiger partial charge in [0, 0.05) is 37.4 Å². The van der Waals surface area contributed by atoms with Crippen molar-refractivity contribution in [1.29, 1.82) is 0 Å². The van der Waals surface area contributed by atoms with Crippen LogP contribution in [-0.4, -0.2) is 42.5 Å².